The van der Waals surface area contributed by atoms with E-state index in [-0.39, 0.29) is 17.9 Å². The summed E-state index contributed by atoms with van der Waals surface area (Å²) in [6, 6.07) is 0. The number of aliphatic hydroxyl groups is 1. The van der Waals surface area contributed by atoms with Crippen LogP contribution in [0.5, 0.6) is 0 Å². The zero-order chi connectivity index (χ0) is 14.3. The Kier molecular flexibility index (Phi) is 3.54. The van der Waals surface area contributed by atoms with Crippen LogP contribution in [-0.2, 0) is 12.8 Å². The molecule has 0 bridgehead atoms. The quantitative estimate of drug-likeness (QED) is 0.814. The summed E-state index contributed by atoms with van der Waals surface area (Å²) < 4.78 is 0. The Labute approximate surface area is 119 Å². The minimum atomic E-state index is -0.285. The highest BCUT2D eigenvalue weighted by molar-refractivity contribution is 5.94. The normalized spacial score (nSPS) is 30.1. The highest BCUT2D eigenvalue weighted by atomic mass is 16.3. The van der Waals surface area contributed by atoms with Gasteiger partial charge in [0.25, 0.3) is 5.91 Å². The molecular formula is C15H23N3O2. The van der Waals surface area contributed by atoms with Crippen LogP contribution in [0.25, 0.3) is 0 Å². The topological polar surface area (TPSA) is 69.2 Å². The molecule has 0 radical (unpaired) electrons. The average molecular weight is 277 g/mol. The number of likely N-dealkylation sites (tertiary alicyclic amines) is 1. The number of aromatic nitrogens is 2. The molecule has 0 spiro atoms. The maximum atomic E-state index is 12.7. The largest absolute Gasteiger partial charge is 0.393 e. The van der Waals surface area contributed by atoms with E-state index in [1.54, 1.807) is 0 Å². The second-order valence-electron chi connectivity index (χ2n) is 6.46. The maximum absolute atomic E-state index is 12.7. The molecule has 3 rings (SSSR count). The first kappa shape index (κ1) is 13.6. The number of aliphatic hydroxyl groups excluding tert-OH is 1. The number of nitrogens with one attached hydrogen (secondary N) is 1. The van der Waals surface area contributed by atoms with Crippen LogP contribution >= 0.6 is 0 Å². The first-order valence-corrected chi connectivity index (χ1v) is 7.59. The molecule has 2 aliphatic rings. The molecule has 5 heteroatoms. The Balaban J connectivity index is 1.80. The summed E-state index contributed by atoms with van der Waals surface area (Å²) in [6.07, 6.45) is 3.48. The van der Waals surface area contributed by atoms with Crippen molar-refractivity contribution in [3.63, 3.8) is 0 Å². The van der Waals surface area contributed by atoms with Crippen molar-refractivity contribution in [2.45, 2.75) is 45.6 Å². The molecule has 20 heavy (non-hydrogen) atoms. The van der Waals surface area contributed by atoms with Crippen LogP contribution in [0.1, 0.15) is 48.4 Å². The summed E-state index contributed by atoms with van der Waals surface area (Å²) in [5.41, 5.74) is 2.86. The molecule has 1 aromatic heterocycles. The minimum Gasteiger partial charge on any atom is -0.393 e. The van der Waals surface area contributed by atoms with E-state index < -0.39 is 0 Å². The molecule has 1 aromatic rings. The van der Waals surface area contributed by atoms with E-state index in [2.05, 4.69) is 17.1 Å². The van der Waals surface area contributed by atoms with Gasteiger partial charge in [0, 0.05) is 24.3 Å². The van der Waals surface area contributed by atoms with Gasteiger partial charge in [0.15, 0.2) is 5.69 Å². The molecule has 2 N–H and O–H groups in total. The van der Waals surface area contributed by atoms with Gasteiger partial charge in [-0.15, -0.1) is 0 Å². The number of hydrogen-bond acceptors (Lipinski definition) is 3. The molecule has 110 valence electrons. The van der Waals surface area contributed by atoms with E-state index in [0.717, 1.165) is 30.5 Å². The van der Waals surface area contributed by atoms with Crippen LogP contribution in [0.3, 0.4) is 0 Å². The number of aryl methyl sites for hydroxylation is 1. The fourth-order valence-electron chi connectivity index (χ4n) is 3.31. The van der Waals surface area contributed by atoms with Gasteiger partial charge in [-0.2, -0.15) is 5.10 Å². The van der Waals surface area contributed by atoms with Crippen molar-refractivity contribution in [3.05, 3.63) is 17.0 Å². The van der Waals surface area contributed by atoms with Crippen molar-refractivity contribution in [1.29, 1.82) is 0 Å². The second kappa shape index (κ2) is 5.20. The van der Waals surface area contributed by atoms with Crippen LogP contribution in [0, 0.1) is 11.8 Å². The number of fused-ring (bicyclic) bond motifs is 1. The Morgan fingerprint density at radius 1 is 1.40 bits per heavy atom. The van der Waals surface area contributed by atoms with Gasteiger partial charge >= 0.3 is 0 Å². The predicted molar refractivity (Wildman–Crippen MR) is 75.5 cm³/mol. The van der Waals surface area contributed by atoms with Gasteiger partial charge in [-0.1, -0.05) is 13.8 Å². The van der Waals surface area contributed by atoms with E-state index in [9.17, 15) is 9.90 Å². The minimum absolute atomic E-state index is 0.0235. The first-order valence-electron chi connectivity index (χ1n) is 7.59. The lowest BCUT2D eigenvalue weighted by Gasteiger charge is -2.34. The van der Waals surface area contributed by atoms with Crippen molar-refractivity contribution in [2.24, 2.45) is 11.8 Å². The number of hydrogen-bond donors (Lipinski definition) is 2. The lowest BCUT2D eigenvalue weighted by Crippen LogP contribution is -2.45. The number of carbonyl (C=O) groups excluding carboxylic acids is 1. The van der Waals surface area contributed by atoms with Gasteiger partial charge in [0.05, 0.1) is 6.10 Å². The number of rotatable bonds is 1. The Morgan fingerprint density at radius 3 is 2.95 bits per heavy atom. The lowest BCUT2D eigenvalue weighted by molar-refractivity contribution is 0.0293. The third-order valence-corrected chi connectivity index (χ3v) is 4.74. The average Bonchev–Trinajstić information content (AvgIpc) is 2.84. The highest BCUT2D eigenvalue weighted by Gasteiger charge is 2.32. The Hall–Kier alpha value is -1.36. The molecule has 1 aliphatic heterocycles. The molecule has 1 saturated heterocycles. The summed E-state index contributed by atoms with van der Waals surface area (Å²) in [5, 5.41) is 17.1. The number of nitrogens with zero attached hydrogens (tertiary/aromatic N) is 2. The summed E-state index contributed by atoms with van der Waals surface area (Å²) in [6.45, 7) is 5.47. The third kappa shape index (κ3) is 2.35. The smallest absolute Gasteiger partial charge is 0.274 e. The number of piperidine rings is 1. The second-order valence-corrected chi connectivity index (χ2v) is 6.46. The summed E-state index contributed by atoms with van der Waals surface area (Å²) in [7, 11) is 0. The predicted octanol–water partition coefficient (Wildman–Crippen LogP) is 1.38. The third-order valence-electron chi connectivity index (χ3n) is 4.74. The standard InChI is InChI=1S/C15H23N3O2/c1-9-3-4-12-11(7-9)14(17-16-12)15(20)18-6-5-13(19)10(2)8-18/h9-10,13,19H,3-8H2,1-2H3,(H,16,17)/t9-,10-,13+/m1/s1. The van der Waals surface area contributed by atoms with E-state index in [1.807, 2.05) is 11.8 Å². The van der Waals surface area contributed by atoms with Gasteiger partial charge in [0.2, 0.25) is 0 Å². The van der Waals surface area contributed by atoms with E-state index in [0.29, 0.717) is 31.1 Å². The molecule has 0 saturated carbocycles. The zero-order valence-electron chi connectivity index (χ0n) is 12.2. The van der Waals surface area contributed by atoms with Crippen molar-refractivity contribution in [1.82, 2.24) is 15.1 Å². The van der Waals surface area contributed by atoms with Gasteiger partial charge in [-0.05, 0) is 37.5 Å². The van der Waals surface area contributed by atoms with Crippen LogP contribution in [0.15, 0.2) is 0 Å². The van der Waals surface area contributed by atoms with Gasteiger partial charge in [0.1, 0.15) is 0 Å². The molecule has 2 heterocycles. The number of amides is 1. The van der Waals surface area contributed by atoms with E-state index in [1.165, 1.54) is 0 Å². The molecule has 1 aliphatic carbocycles. The fourth-order valence-corrected chi connectivity index (χ4v) is 3.31. The van der Waals surface area contributed by atoms with Crippen LogP contribution < -0.4 is 0 Å². The Bertz CT molecular complexity index is 511. The number of aromatic amines is 1. The summed E-state index contributed by atoms with van der Waals surface area (Å²) >= 11 is 0. The SMILES string of the molecule is C[C@@H]1CCc2[nH]nc(C(=O)N3CC[C@H](O)[C@H](C)C3)c2C1. The molecule has 1 amide bonds. The molecular weight excluding hydrogens is 254 g/mol. The molecule has 3 atom stereocenters. The summed E-state index contributed by atoms with van der Waals surface area (Å²) in [5.74, 6) is 0.783. The van der Waals surface area contributed by atoms with Gasteiger partial charge in [-0.25, -0.2) is 0 Å². The first-order chi connectivity index (χ1) is 9.56. The molecule has 0 unspecified atom stereocenters. The van der Waals surface area contributed by atoms with E-state index in [4.69, 9.17) is 0 Å². The molecule has 0 aromatic carbocycles. The van der Waals surface area contributed by atoms with Gasteiger partial charge in [-0.3, -0.25) is 9.89 Å². The van der Waals surface area contributed by atoms with Crippen molar-refractivity contribution >= 4 is 5.91 Å². The number of carbonyl (C=O) groups is 1. The molecule has 1 fully saturated rings. The monoisotopic (exact) mass is 277 g/mol. The zero-order valence-corrected chi connectivity index (χ0v) is 12.2. The fraction of sp³-hybridized carbons (Fsp3) is 0.733. The van der Waals surface area contributed by atoms with Crippen molar-refractivity contribution in [3.8, 4) is 0 Å². The van der Waals surface area contributed by atoms with Crippen LogP contribution in [0.2, 0.25) is 0 Å². The van der Waals surface area contributed by atoms with Crippen LogP contribution in [-0.4, -0.2) is 45.3 Å². The maximum Gasteiger partial charge on any atom is 0.274 e. The van der Waals surface area contributed by atoms with Crippen LogP contribution in [0.4, 0.5) is 0 Å². The Morgan fingerprint density at radius 2 is 2.20 bits per heavy atom. The van der Waals surface area contributed by atoms with E-state index >= 15 is 0 Å². The lowest BCUT2D eigenvalue weighted by atomic mass is 9.87. The molecule has 5 nitrogen and oxygen atoms in total. The number of H-pyrrole nitrogens is 1. The summed E-state index contributed by atoms with van der Waals surface area (Å²) in [4.78, 5) is 14.5. The van der Waals surface area contributed by atoms with Crippen molar-refractivity contribution in [2.75, 3.05) is 13.1 Å². The van der Waals surface area contributed by atoms with Crippen molar-refractivity contribution < 1.29 is 9.90 Å². The highest BCUT2D eigenvalue weighted by Crippen LogP contribution is 2.27. The van der Waals surface area contributed by atoms with Gasteiger partial charge < -0.3 is 10.0 Å².